The van der Waals surface area contributed by atoms with Crippen LogP contribution in [-0.4, -0.2) is 28.9 Å². The van der Waals surface area contributed by atoms with Crippen LogP contribution >= 0.6 is 0 Å². The molecule has 0 aromatic heterocycles. The number of aliphatic carboxylic acids is 1. The average molecular weight is 283 g/mol. The summed E-state index contributed by atoms with van der Waals surface area (Å²) in [7, 11) is 1.47. The van der Waals surface area contributed by atoms with Crippen LogP contribution in [0.4, 0.5) is 8.78 Å². The molecular formula is C14H15F2NO3. The Kier molecular flexibility index (Phi) is 4.01. The normalized spacial score (nSPS) is 23.6. The number of benzene rings is 1. The van der Waals surface area contributed by atoms with Crippen LogP contribution in [0.3, 0.4) is 0 Å². The lowest BCUT2D eigenvalue weighted by molar-refractivity contribution is -0.145. The minimum Gasteiger partial charge on any atom is -0.481 e. The highest BCUT2D eigenvalue weighted by molar-refractivity contribution is 5.79. The van der Waals surface area contributed by atoms with Crippen LogP contribution in [0.2, 0.25) is 0 Å². The number of halogens is 2. The first-order chi connectivity index (χ1) is 9.40. The van der Waals surface area contributed by atoms with Gasteiger partial charge in [0.25, 0.3) is 0 Å². The summed E-state index contributed by atoms with van der Waals surface area (Å²) in [5.41, 5.74) is 0.174. The molecule has 0 saturated carbocycles. The Morgan fingerprint density at radius 1 is 1.30 bits per heavy atom. The molecule has 0 aliphatic carbocycles. The first-order valence-electron chi connectivity index (χ1n) is 6.34. The Bertz CT molecular complexity index is 527. The summed E-state index contributed by atoms with van der Waals surface area (Å²) in [5.74, 6) is -3.72. The van der Waals surface area contributed by atoms with E-state index in [4.69, 9.17) is 0 Å². The lowest BCUT2D eigenvalue weighted by Crippen LogP contribution is -2.36. The Balaban J connectivity index is 2.49. The second kappa shape index (κ2) is 5.56. The molecule has 6 heteroatoms. The van der Waals surface area contributed by atoms with Crippen molar-refractivity contribution in [3.05, 3.63) is 35.4 Å². The van der Waals surface area contributed by atoms with E-state index < -0.39 is 29.6 Å². The second-order valence-electron chi connectivity index (χ2n) is 4.99. The number of carboxylic acid groups (broad SMARTS) is 1. The zero-order chi connectivity index (χ0) is 14.9. The van der Waals surface area contributed by atoms with Gasteiger partial charge < -0.3 is 10.0 Å². The van der Waals surface area contributed by atoms with E-state index >= 15 is 0 Å². The van der Waals surface area contributed by atoms with Crippen LogP contribution < -0.4 is 0 Å². The minimum absolute atomic E-state index is 0.174. The number of likely N-dealkylation sites (tertiary alicyclic amines) is 1. The number of hydrogen-bond donors (Lipinski definition) is 1. The molecular weight excluding hydrogens is 268 g/mol. The summed E-state index contributed by atoms with van der Waals surface area (Å²) in [4.78, 5) is 24.5. The summed E-state index contributed by atoms with van der Waals surface area (Å²) < 4.78 is 26.7. The van der Waals surface area contributed by atoms with Crippen molar-refractivity contribution in [3.63, 3.8) is 0 Å². The van der Waals surface area contributed by atoms with Gasteiger partial charge in [-0.15, -0.1) is 0 Å². The zero-order valence-electron chi connectivity index (χ0n) is 11.0. The van der Waals surface area contributed by atoms with E-state index in [1.165, 1.54) is 11.9 Å². The number of carbonyl (C=O) groups excluding carboxylic acids is 1. The summed E-state index contributed by atoms with van der Waals surface area (Å²) in [5, 5.41) is 9.31. The molecule has 20 heavy (non-hydrogen) atoms. The monoisotopic (exact) mass is 283 g/mol. The van der Waals surface area contributed by atoms with Crippen LogP contribution in [0, 0.1) is 17.6 Å². The van der Waals surface area contributed by atoms with Crippen LogP contribution in [0.25, 0.3) is 0 Å². The lowest BCUT2D eigenvalue weighted by Gasteiger charge is -2.30. The van der Waals surface area contributed by atoms with Crippen LogP contribution in [-0.2, 0) is 9.59 Å². The molecule has 1 aromatic rings. The van der Waals surface area contributed by atoms with Crippen molar-refractivity contribution in [2.75, 3.05) is 7.05 Å². The second-order valence-corrected chi connectivity index (χ2v) is 4.99. The SMILES string of the molecule is CN1C(=O)CCCC(C(=O)O)C1c1cc(F)cc(F)c1. The van der Waals surface area contributed by atoms with Crippen molar-refractivity contribution in [1.29, 1.82) is 0 Å². The van der Waals surface area contributed by atoms with Gasteiger partial charge in [0.1, 0.15) is 11.6 Å². The molecule has 108 valence electrons. The van der Waals surface area contributed by atoms with Crippen molar-refractivity contribution in [1.82, 2.24) is 4.90 Å². The third kappa shape index (κ3) is 2.79. The number of nitrogens with zero attached hydrogens (tertiary/aromatic N) is 1. The van der Waals surface area contributed by atoms with Gasteiger partial charge in [-0.3, -0.25) is 9.59 Å². The Labute approximate surface area is 115 Å². The number of amides is 1. The maximum absolute atomic E-state index is 13.3. The predicted octanol–water partition coefficient (Wildman–Crippen LogP) is 2.35. The highest BCUT2D eigenvalue weighted by atomic mass is 19.1. The standard InChI is InChI=1S/C14H15F2NO3/c1-17-12(18)4-2-3-11(14(19)20)13(17)8-5-9(15)7-10(16)6-8/h5-7,11,13H,2-4H2,1H3,(H,19,20). The highest BCUT2D eigenvalue weighted by Crippen LogP contribution is 2.35. The molecule has 1 saturated heterocycles. The Morgan fingerprint density at radius 3 is 2.45 bits per heavy atom. The quantitative estimate of drug-likeness (QED) is 0.906. The van der Waals surface area contributed by atoms with E-state index in [1.807, 2.05) is 0 Å². The van der Waals surface area contributed by atoms with Gasteiger partial charge in [-0.1, -0.05) is 0 Å². The fraction of sp³-hybridized carbons (Fsp3) is 0.429. The third-order valence-corrected chi connectivity index (χ3v) is 3.64. The molecule has 1 aromatic carbocycles. The Morgan fingerprint density at radius 2 is 1.90 bits per heavy atom. The predicted molar refractivity (Wildman–Crippen MR) is 66.8 cm³/mol. The molecule has 0 bridgehead atoms. The lowest BCUT2D eigenvalue weighted by atomic mass is 9.89. The maximum atomic E-state index is 13.3. The summed E-state index contributed by atoms with van der Waals surface area (Å²) in [6.45, 7) is 0. The van der Waals surface area contributed by atoms with E-state index in [2.05, 4.69) is 0 Å². The minimum atomic E-state index is -1.07. The number of hydrogen-bond acceptors (Lipinski definition) is 2. The molecule has 2 rings (SSSR count). The fourth-order valence-corrected chi connectivity index (χ4v) is 2.69. The van der Waals surface area contributed by atoms with Crippen molar-refractivity contribution in [3.8, 4) is 0 Å². The van der Waals surface area contributed by atoms with Gasteiger partial charge in [0, 0.05) is 19.5 Å². The van der Waals surface area contributed by atoms with Crippen molar-refractivity contribution >= 4 is 11.9 Å². The molecule has 1 aliphatic heterocycles. The zero-order valence-corrected chi connectivity index (χ0v) is 11.0. The molecule has 1 fully saturated rings. The first kappa shape index (κ1) is 14.4. The van der Waals surface area contributed by atoms with E-state index in [0.717, 1.165) is 18.2 Å². The summed E-state index contributed by atoms with van der Waals surface area (Å²) in [6.07, 6.45) is 0.997. The van der Waals surface area contributed by atoms with Gasteiger partial charge in [0.15, 0.2) is 0 Å². The van der Waals surface area contributed by atoms with Crippen molar-refractivity contribution in [2.24, 2.45) is 5.92 Å². The Hall–Kier alpha value is -1.98. The molecule has 2 atom stereocenters. The fourth-order valence-electron chi connectivity index (χ4n) is 2.69. The number of rotatable bonds is 2. The first-order valence-corrected chi connectivity index (χ1v) is 6.34. The molecule has 1 N–H and O–H groups in total. The van der Waals surface area contributed by atoms with E-state index in [1.54, 1.807) is 0 Å². The molecule has 4 nitrogen and oxygen atoms in total. The van der Waals surface area contributed by atoms with Gasteiger partial charge in [0.2, 0.25) is 5.91 Å². The van der Waals surface area contributed by atoms with Crippen LogP contribution in [0.1, 0.15) is 30.9 Å². The van der Waals surface area contributed by atoms with E-state index in [0.29, 0.717) is 12.8 Å². The molecule has 2 unspecified atom stereocenters. The van der Waals surface area contributed by atoms with Crippen molar-refractivity contribution in [2.45, 2.75) is 25.3 Å². The molecule has 1 aliphatic rings. The number of carboxylic acids is 1. The molecule has 0 radical (unpaired) electrons. The van der Waals surface area contributed by atoms with Gasteiger partial charge >= 0.3 is 5.97 Å². The third-order valence-electron chi connectivity index (χ3n) is 3.64. The van der Waals surface area contributed by atoms with E-state index in [-0.39, 0.29) is 17.9 Å². The molecule has 1 heterocycles. The van der Waals surface area contributed by atoms with Gasteiger partial charge in [-0.2, -0.15) is 0 Å². The number of carbonyl (C=O) groups is 2. The van der Waals surface area contributed by atoms with Gasteiger partial charge in [0.05, 0.1) is 12.0 Å². The van der Waals surface area contributed by atoms with Crippen LogP contribution in [0.15, 0.2) is 18.2 Å². The average Bonchev–Trinajstić information content (AvgIpc) is 2.48. The largest absolute Gasteiger partial charge is 0.481 e. The van der Waals surface area contributed by atoms with Crippen molar-refractivity contribution < 1.29 is 23.5 Å². The van der Waals surface area contributed by atoms with Gasteiger partial charge in [-0.25, -0.2) is 8.78 Å². The van der Waals surface area contributed by atoms with E-state index in [9.17, 15) is 23.5 Å². The maximum Gasteiger partial charge on any atom is 0.308 e. The topological polar surface area (TPSA) is 57.6 Å². The van der Waals surface area contributed by atoms with Crippen LogP contribution in [0.5, 0.6) is 0 Å². The smallest absolute Gasteiger partial charge is 0.308 e. The summed E-state index contributed by atoms with van der Waals surface area (Å²) in [6, 6.07) is 2.03. The van der Waals surface area contributed by atoms with Gasteiger partial charge in [-0.05, 0) is 30.5 Å². The molecule has 1 amide bonds. The summed E-state index contributed by atoms with van der Waals surface area (Å²) >= 11 is 0. The molecule has 0 spiro atoms. The highest BCUT2D eigenvalue weighted by Gasteiger charge is 2.37.